The second-order valence-electron chi connectivity index (χ2n) is 22.9. The summed E-state index contributed by atoms with van der Waals surface area (Å²) in [5.74, 6) is 0. The Bertz CT molecular complexity index is 5700. The lowest BCUT2D eigenvalue weighted by Gasteiger charge is -2.20. The Morgan fingerprint density at radius 2 is 0.593 bits per heavy atom. The molecule has 398 valence electrons. The summed E-state index contributed by atoms with van der Waals surface area (Å²) < 4.78 is 13.9. The zero-order valence-electron chi connectivity index (χ0n) is 46.7. The monoisotopic (exact) mass is 1090 g/mol. The third-order valence-electron chi connectivity index (χ3n) is 18.2. The van der Waals surface area contributed by atoms with Gasteiger partial charge in [-0.05, 0) is 185 Å². The molecule has 2 heterocycles. The number of benzene rings is 16. The maximum absolute atomic E-state index is 7.13. The van der Waals surface area contributed by atoms with Gasteiger partial charge in [0.25, 0.3) is 0 Å². The van der Waals surface area contributed by atoms with E-state index in [4.69, 9.17) is 8.83 Å². The molecule has 16 aromatic carbocycles. The zero-order valence-corrected chi connectivity index (χ0v) is 46.7. The Morgan fingerprint density at radius 1 is 0.163 bits per heavy atom. The minimum atomic E-state index is 0.852. The van der Waals surface area contributed by atoms with Crippen molar-refractivity contribution in [3.8, 4) is 77.9 Å². The maximum atomic E-state index is 7.13. The Hall–Kier alpha value is -11.3. The fraction of sp³-hybridized carbons (Fsp3) is 0. The van der Waals surface area contributed by atoms with Crippen LogP contribution in [0.3, 0.4) is 0 Å². The van der Waals surface area contributed by atoms with Gasteiger partial charge in [0, 0.05) is 27.1 Å². The van der Waals surface area contributed by atoms with Crippen molar-refractivity contribution in [1.82, 2.24) is 0 Å². The third kappa shape index (κ3) is 7.40. The number of hydrogen-bond donors (Lipinski definition) is 0. The fourth-order valence-corrected chi connectivity index (χ4v) is 14.5. The molecule has 18 rings (SSSR count). The van der Waals surface area contributed by atoms with Crippen LogP contribution in [0.5, 0.6) is 0 Å². The topological polar surface area (TPSA) is 26.3 Å². The standard InChI is InChI=1S/C84H50O2/c1-3-22-52(23-4-1)80-63-30-9-11-32-65(63)82(66-33-12-10-31-64(66)80)57-47-75(61-39-19-26-51-21-7-8-28-58(51)61)84-76(48-57)72-46-55(42-44-78(72)86-84)54-41-43-59-56(45-54)27-20-38-60(59)71-50-79-73(62-29-17-18-40-77(62)85-79)49-74(71)83-69-36-15-13-34-67(69)81(53-24-5-2-6-25-53)68-35-14-16-37-70(68)83/h1-50H. The molecule has 0 spiro atoms. The van der Waals surface area contributed by atoms with Crippen LogP contribution in [0.15, 0.2) is 312 Å². The van der Waals surface area contributed by atoms with Crippen LogP contribution in [0.1, 0.15) is 0 Å². The van der Waals surface area contributed by atoms with Crippen LogP contribution in [0.4, 0.5) is 0 Å². The minimum Gasteiger partial charge on any atom is -0.456 e. The molecule has 86 heavy (non-hydrogen) atoms. The average Bonchev–Trinajstić information content (AvgIpc) is 1.64. The largest absolute Gasteiger partial charge is 0.456 e. The van der Waals surface area contributed by atoms with Crippen LogP contribution in [-0.4, -0.2) is 0 Å². The Morgan fingerprint density at radius 3 is 1.21 bits per heavy atom. The Labute approximate surface area is 495 Å². The first-order valence-electron chi connectivity index (χ1n) is 29.6. The highest BCUT2D eigenvalue weighted by Crippen LogP contribution is 2.51. The fourth-order valence-electron chi connectivity index (χ4n) is 14.5. The number of para-hydroxylation sites is 1. The van der Waals surface area contributed by atoms with Gasteiger partial charge < -0.3 is 8.83 Å². The molecule has 0 bridgehead atoms. The second-order valence-corrected chi connectivity index (χ2v) is 22.9. The van der Waals surface area contributed by atoms with E-state index in [1.165, 1.54) is 98.2 Å². The molecular weight excluding hydrogens is 1040 g/mol. The van der Waals surface area contributed by atoms with Crippen molar-refractivity contribution in [2.45, 2.75) is 0 Å². The van der Waals surface area contributed by atoms with E-state index in [9.17, 15) is 0 Å². The van der Waals surface area contributed by atoms with Crippen molar-refractivity contribution in [3.05, 3.63) is 303 Å². The molecule has 2 heteroatoms. The number of rotatable bonds is 7. The second kappa shape index (κ2) is 19.1. The van der Waals surface area contributed by atoms with Crippen molar-refractivity contribution < 1.29 is 8.83 Å². The van der Waals surface area contributed by atoms with Gasteiger partial charge in [-0.3, -0.25) is 0 Å². The minimum absolute atomic E-state index is 0.852. The van der Waals surface area contributed by atoms with E-state index < -0.39 is 0 Å². The highest BCUT2D eigenvalue weighted by Gasteiger charge is 2.25. The average molecular weight is 1090 g/mol. The van der Waals surface area contributed by atoms with Crippen LogP contribution in [0, 0.1) is 0 Å². The molecule has 0 saturated carbocycles. The van der Waals surface area contributed by atoms with E-state index in [-0.39, 0.29) is 0 Å². The summed E-state index contributed by atoms with van der Waals surface area (Å²) in [6.45, 7) is 0. The van der Waals surface area contributed by atoms with Crippen LogP contribution in [-0.2, 0) is 0 Å². The highest BCUT2D eigenvalue weighted by atomic mass is 16.3. The van der Waals surface area contributed by atoms with Crippen LogP contribution >= 0.6 is 0 Å². The quantitative estimate of drug-likeness (QED) is 0.149. The summed E-state index contributed by atoms with van der Waals surface area (Å²) in [6.07, 6.45) is 0. The molecule has 2 aromatic heterocycles. The van der Waals surface area contributed by atoms with Gasteiger partial charge in [-0.25, -0.2) is 0 Å². The van der Waals surface area contributed by atoms with Crippen molar-refractivity contribution >= 4 is 109 Å². The van der Waals surface area contributed by atoms with Gasteiger partial charge in [0.05, 0.1) is 0 Å². The van der Waals surface area contributed by atoms with Crippen LogP contribution in [0.25, 0.3) is 186 Å². The van der Waals surface area contributed by atoms with E-state index in [1.54, 1.807) is 0 Å². The SMILES string of the molecule is c1ccc(-c2c3ccccc3c(-c3cc(-c4cccc5ccccc45)c4oc5ccc(-c6ccc7c(-c8cc9oc%10ccccc%10c9cc8-c8c9ccccc9c(-c9ccccc9)c9ccccc89)cccc7c6)cc5c4c3)c3ccccc23)cc1. The molecule has 0 aliphatic heterocycles. The molecule has 0 saturated heterocycles. The van der Waals surface area contributed by atoms with Gasteiger partial charge in [0.1, 0.15) is 22.3 Å². The highest BCUT2D eigenvalue weighted by molar-refractivity contribution is 6.26. The van der Waals surface area contributed by atoms with Gasteiger partial charge >= 0.3 is 0 Å². The predicted molar refractivity (Wildman–Crippen MR) is 364 cm³/mol. The normalized spacial score (nSPS) is 12.0. The van der Waals surface area contributed by atoms with E-state index in [0.717, 1.165) is 88.2 Å². The molecule has 0 N–H and O–H groups in total. The Balaban J connectivity index is 0.844. The van der Waals surface area contributed by atoms with E-state index in [2.05, 4.69) is 303 Å². The van der Waals surface area contributed by atoms with Crippen molar-refractivity contribution in [2.24, 2.45) is 0 Å². The predicted octanol–water partition coefficient (Wildman–Crippen LogP) is 24.1. The molecule has 0 amide bonds. The van der Waals surface area contributed by atoms with Crippen LogP contribution < -0.4 is 0 Å². The molecule has 0 aliphatic carbocycles. The summed E-state index contributed by atoms with van der Waals surface area (Å²) in [4.78, 5) is 0. The summed E-state index contributed by atoms with van der Waals surface area (Å²) in [6, 6.07) is 111. The first kappa shape index (κ1) is 48.2. The lowest BCUT2D eigenvalue weighted by molar-refractivity contribution is 0.669. The summed E-state index contributed by atoms with van der Waals surface area (Å²) in [5, 5.41) is 18.8. The third-order valence-corrected chi connectivity index (χ3v) is 18.2. The first-order chi connectivity index (χ1) is 42.7. The van der Waals surface area contributed by atoms with Gasteiger partial charge in [-0.1, -0.05) is 255 Å². The molecule has 0 fully saturated rings. The molecular formula is C84H50O2. The molecule has 0 atom stereocenters. The Kier molecular flexibility index (Phi) is 10.7. The first-order valence-corrected chi connectivity index (χ1v) is 29.6. The number of furan rings is 2. The lowest BCUT2D eigenvalue weighted by atomic mass is 9.82. The number of fused-ring (bicyclic) bond motifs is 12. The zero-order chi connectivity index (χ0) is 56.4. The molecule has 0 unspecified atom stereocenters. The van der Waals surface area contributed by atoms with E-state index in [1.807, 2.05) is 0 Å². The summed E-state index contributed by atoms with van der Waals surface area (Å²) in [5.41, 5.74) is 19.8. The van der Waals surface area contributed by atoms with Gasteiger partial charge in [0.15, 0.2) is 0 Å². The molecule has 18 aromatic rings. The van der Waals surface area contributed by atoms with Gasteiger partial charge in [0.2, 0.25) is 0 Å². The van der Waals surface area contributed by atoms with E-state index in [0.29, 0.717) is 0 Å². The van der Waals surface area contributed by atoms with Gasteiger partial charge in [-0.15, -0.1) is 0 Å². The van der Waals surface area contributed by atoms with Crippen molar-refractivity contribution in [1.29, 1.82) is 0 Å². The molecule has 0 aliphatic rings. The van der Waals surface area contributed by atoms with Gasteiger partial charge in [-0.2, -0.15) is 0 Å². The van der Waals surface area contributed by atoms with Crippen molar-refractivity contribution in [3.63, 3.8) is 0 Å². The smallest absolute Gasteiger partial charge is 0.143 e. The van der Waals surface area contributed by atoms with E-state index >= 15 is 0 Å². The molecule has 2 nitrogen and oxygen atoms in total. The van der Waals surface area contributed by atoms with Crippen LogP contribution in [0.2, 0.25) is 0 Å². The number of hydrogen-bond acceptors (Lipinski definition) is 2. The van der Waals surface area contributed by atoms with Crippen molar-refractivity contribution in [2.75, 3.05) is 0 Å². The lowest BCUT2D eigenvalue weighted by Crippen LogP contribution is -1.93. The summed E-state index contributed by atoms with van der Waals surface area (Å²) in [7, 11) is 0. The summed E-state index contributed by atoms with van der Waals surface area (Å²) >= 11 is 0. The molecule has 0 radical (unpaired) electrons. The maximum Gasteiger partial charge on any atom is 0.143 e.